The first kappa shape index (κ1) is 17.5. The van der Waals surface area contributed by atoms with Gasteiger partial charge in [0.25, 0.3) is 0 Å². The van der Waals surface area contributed by atoms with Crippen LogP contribution >= 0.6 is 15.9 Å². The minimum atomic E-state index is 0.0217. The van der Waals surface area contributed by atoms with Crippen LogP contribution in [0, 0.1) is 0 Å². The van der Waals surface area contributed by atoms with E-state index in [1.165, 1.54) is 0 Å². The second-order valence-electron chi connectivity index (χ2n) is 6.24. The topological polar surface area (TPSA) is 35.5 Å². The normalized spacial score (nSPS) is 11.1. The fourth-order valence-corrected chi connectivity index (χ4v) is 2.64. The van der Waals surface area contributed by atoms with Crippen LogP contribution in [0.25, 0.3) is 0 Å². The number of para-hydroxylation sites is 1. The third-order valence-electron chi connectivity index (χ3n) is 3.39. The Hall–Kier alpha value is -1.81. The maximum absolute atomic E-state index is 11.1. The maximum atomic E-state index is 11.1. The van der Waals surface area contributed by atoms with Crippen LogP contribution in [-0.2, 0) is 5.41 Å². The Morgan fingerprint density at radius 2 is 1.65 bits per heavy atom. The van der Waals surface area contributed by atoms with Crippen molar-refractivity contribution in [2.24, 2.45) is 0 Å². The second kappa shape index (κ2) is 7.64. The molecule has 0 unspecified atom stereocenters. The minimum absolute atomic E-state index is 0.0217. The molecule has 23 heavy (non-hydrogen) atoms. The van der Waals surface area contributed by atoms with Crippen molar-refractivity contribution in [2.75, 3.05) is 13.2 Å². The van der Waals surface area contributed by atoms with Crippen molar-refractivity contribution in [2.45, 2.75) is 26.2 Å². The quantitative estimate of drug-likeness (QED) is 0.524. The van der Waals surface area contributed by atoms with Gasteiger partial charge < -0.3 is 9.47 Å². The van der Waals surface area contributed by atoms with E-state index in [4.69, 9.17) is 9.47 Å². The summed E-state index contributed by atoms with van der Waals surface area (Å²) in [6, 6.07) is 13.4. The molecule has 0 saturated heterocycles. The molecule has 0 heterocycles. The summed E-state index contributed by atoms with van der Waals surface area (Å²) in [6.45, 7) is 7.26. The van der Waals surface area contributed by atoms with Crippen molar-refractivity contribution in [3.63, 3.8) is 0 Å². The van der Waals surface area contributed by atoms with Gasteiger partial charge >= 0.3 is 0 Å². The molecule has 0 atom stereocenters. The number of hydrogen-bond donors (Lipinski definition) is 0. The Kier molecular flexibility index (Phi) is 5.83. The number of benzene rings is 2. The van der Waals surface area contributed by atoms with E-state index in [2.05, 4.69) is 42.8 Å². The van der Waals surface area contributed by atoms with E-state index < -0.39 is 0 Å². The molecule has 0 aliphatic carbocycles. The fourth-order valence-electron chi connectivity index (χ4n) is 2.26. The molecule has 122 valence electrons. The van der Waals surface area contributed by atoms with Crippen molar-refractivity contribution >= 4 is 22.2 Å². The van der Waals surface area contributed by atoms with Gasteiger partial charge in [0.15, 0.2) is 6.29 Å². The molecular formula is C19H21BrO3. The summed E-state index contributed by atoms with van der Waals surface area (Å²) < 4.78 is 12.4. The van der Waals surface area contributed by atoms with Crippen LogP contribution in [0.3, 0.4) is 0 Å². The molecule has 4 heteroatoms. The Labute approximate surface area is 145 Å². The first-order valence-electron chi connectivity index (χ1n) is 7.51. The zero-order valence-corrected chi connectivity index (χ0v) is 15.2. The Balaban J connectivity index is 1.95. The van der Waals surface area contributed by atoms with Gasteiger partial charge in [0.1, 0.15) is 24.7 Å². The van der Waals surface area contributed by atoms with Gasteiger partial charge in [-0.1, -0.05) is 54.9 Å². The number of ether oxygens (including phenoxy) is 2. The number of aldehydes is 1. The Morgan fingerprint density at radius 3 is 2.30 bits per heavy atom. The number of rotatable bonds is 6. The number of carbonyl (C=O) groups excluding carboxylic acids is 1. The molecule has 0 spiro atoms. The van der Waals surface area contributed by atoms with E-state index in [-0.39, 0.29) is 5.41 Å². The van der Waals surface area contributed by atoms with Crippen molar-refractivity contribution in [3.8, 4) is 11.5 Å². The van der Waals surface area contributed by atoms with Gasteiger partial charge in [-0.3, -0.25) is 4.79 Å². The summed E-state index contributed by atoms with van der Waals surface area (Å²) >= 11 is 3.34. The van der Waals surface area contributed by atoms with Crippen molar-refractivity contribution in [1.82, 2.24) is 0 Å². The van der Waals surface area contributed by atoms with E-state index in [0.29, 0.717) is 24.5 Å². The minimum Gasteiger partial charge on any atom is -0.490 e. The van der Waals surface area contributed by atoms with Crippen LogP contribution in [0.2, 0.25) is 0 Å². The predicted octanol–water partition coefficient (Wildman–Crippen LogP) is 5.02. The molecular weight excluding hydrogens is 356 g/mol. The molecule has 0 bridgehead atoms. The highest BCUT2D eigenvalue weighted by atomic mass is 79.9. The van der Waals surface area contributed by atoms with Gasteiger partial charge in [-0.15, -0.1) is 0 Å². The molecule has 0 saturated carbocycles. The molecule has 0 aromatic heterocycles. The summed E-state index contributed by atoms with van der Waals surface area (Å²) in [4.78, 5) is 11.1. The summed E-state index contributed by atoms with van der Waals surface area (Å²) in [7, 11) is 0. The Bertz CT molecular complexity index is 675. The molecule has 2 rings (SSSR count). The molecule has 0 fully saturated rings. The van der Waals surface area contributed by atoms with Crippen LogP contribution < -0.4 is 9.47 Å². The maximum Gasteiger partial charge on any atom is 0.153 e. The highest BCUT2D eigenvalue weighted by Crippen LogP contribution is 2.31. The van der Waals surface area contributed by atoms with E-state index in [1.807, 2.05) is 24.3 Å². The SMILES string of the molecule is CC(C)(C)c1ccccc1OCCOc1ccc(Br)cc1C=O. The summed E-state index contributed by atoms with van der Waals surface area (Å²) in [5.74, 6) is 1.44. The van der Waals surface area contributed by atoms with Crippen molar-refractivity contribution < 1.29 is 14.3 Å². The van der Waals surface area contributed by atoms with Gasteiger partial charge in [0.2, 0.25) is 0 Å². The number of hydrogen-bond acceptors (Lipinski definition) is 3. The molecule has 0 amide bonds. The van der Waals surface area contributed by atoms with Gasteiger partial charge in [-0.05, 0) is 35.2 Å². The largest absolute Gasteiger partial charge is 0.490 e. The molecule has 0 radical (unpaired) electrons. The van der Waals surface area contributed by atoms with E-state index in [1.54, 1.807) is 12.1 Å². The van der Waals surface area contributed by atoms with Crippen LogP contribution in [0.4, 0.5) is 0 Å². The van der Waals surface area contributed by atoms with E-state index in [9.17, 15) is 4.79 Å². The fraction of sp³-hybridized carbons (Fsp3) is 0.316. The zero-order valence-electron chi connectivity index (χ0n) is 13.6. The number of halogens is 1. The van der Waals surface area contributed by atoms with E-state index >= 15 is 0 Å². The third-order valence-corrected chi connectivity index (χ3v) is 3.89. The van der Waals surface area contributed by atoms with Crippen molar-refractivity contribution in [1.29, 1.82) is 0 Å². The standard InChI is InChI=1S/C19H21BrO3/c1-19(2,3)16-6-4-5-7-18(16)23-11-10-22-17-9-8-15(20)12-14(17)13-21/h4-9,12-13H,10-11H2,1-3H3. The summed E-state index contributed by atoms with van der Waals surface area (Å²) in [5, 5.41) is 0. The van der Waals surface area contributed by atoms with Gasteiger partial charge in [-0.25, -0.2) is 0 Å². The Morgan fingerprint density at radius 1 is 1.00 bits per heavy atom. The summed E-state index contributed by atoms with van der Waals surface area (Å²) in [6.07, 6.45) is 0.788. The lowest BCUT2D eigenvalue weighted by Gasteiger charge is -2.22. The monoisotopic (exact) mass is 376 g/mol. The highest BCUT2D eigenvalue weighted by Gasteiger charge is 2.18. The van der Waals surface area contributed by atoms with Gasteiger partial charge in [0, 0.05) is 4.47 Å². The van der Waals surface area contributed by atoms with E-state index in [0.717, 1.165) is 22.1 Å². The average molecular weight is 377 g/mol. The lowest BCUT2D eigenvalue weighted by Crippen LogP contribution is -2.16. The second-order valence-corrected chi connectivity index (χ2v) is 7.16. The molecule has 0 aliphatic heterocycles. The molecule has 2 aromatic rings. The van der Waals surface area contributed by atoms with Crippen LogP contribution in [0.15, 0.2) is 46.9 Å². The van der Waals surface area contributed by atoms with Crippen LogP contribution in [0.5, 0.6) is 11.5 Å². The zero-order chi connectivity index (χ0) is 16.9. The first-order valence-corrected chi connectivity index (χ1v) is 8.31. The highest BCUT2D eigenvalue weighted by molar-refractivity contribution is 9.10. The van der Waals surface area contributed by atoms with Gasteiger partial charge in [0.05, 0.1) is 5.56 Å². The number of carbonyl (C=O) groups is 1. The average Bonchev–Trinajstić information content (AvgIpc) is 2.52. The predicted molar refractivity (Wildman–Crippen MR) is 95.7 cm³/mol. The smallest absolute Gasteiger partial charge is 0.153 e. The van der Waals surface area contributed by atoms with Crippen LogP contribution in [-0.4, -0.2) is 19.5 Å². The molecule has 2 aromatic carbocycles. The molecule has 0 aliphatic rings. The van der Waals surface area contributed by atoms with Gasteiger partial charge in [-0.2, -0.15) is 0 Å². The first-order chi connectivity index (χ1) is 10.9. The van der Waals surface area contributed by atoms with Crippen LogP contribution in [0.1, 0.15) is 36.7 Å². The third kappa shape index (κ3) is 4.83. The summed E-state index contributed by atoms with van der Waals surface area (Å²) in [5.41, 5.74) is 1.71. The van der Waals surface area contributed by atoms with Crippen molar-refractivity contribution in [3.05, 3.63) is 58.1 Å². The molecule has 3 nitrogen and oxygen atoms in total. The molecule has 0 N–H and O–H groups in total. The lowest BCUT2D eigenvalue weighted by atomic mass is 9.86. The lowest BCUT2D eigenvalue weighted by molar-refractivity contribution is 0.111.